The molecule has 0 aliphatic carbocycles. The zero-order valence-corrected chi connectivity index (χ0v) is 23.7. The number of rotatable bonds is 5. The van der Waals surface area contributed by atoms with Crippen LogP contribution in [-0.2, 0) is 0 Å². The third-order valence-corrected chi connectivity index (χ3v) is 7.66. The van der Waals surface area contributed by atoms with Crippen LogP contribution >= 0.6 is 31.9 Å². The highest BCUT2D eigenvalue weighted by Crippen LogP contribution is 2.50. The fraction of sp³-hybridized carbons (Fsp3) is 0.172. The molecule has 2 atom stereocenters. The molecule has 4 aromatic rings. The van der Waals surface area contributed by atoms with E-state index in [9.17, 15) is 4.79 Å². The number of methoxy groups -OCH3 is 1. The third-order valence-electron chi connectivity index (χ3n) is 6.58. The van der Waals surface area contributed by atoms with E-state index in [1.165, 1.54) is 7.11 Å². The van der Waals surface area contributed by atoms with E-state index in [0.717, 1.165) is 38.4 Å². The summed E-state index contributed by atoms with van der Waals surface area (Å²) in [6.07, 6.45) is 1.77. The Morgan fingerprint density at radius 2 is 1.89 bits per heavy atom. The van der Waals surface area contributed by atoms with Crippen molar-refractivity contribution in [3.8, 4) is 17.2 Å². The fourth-order valence-corrected chi connectivity index (χ4v) is 5.61. The SMILES string of the molecule is COc1cc([C@@H]2Oc3ccc(Br)cc3[C@@H]3CC(c4ccco4)=NN32)cc(Br)c1OC(=O)c1ccc(C)cc1. The molecule has 0 radical (unpaired) electrons. The van der Waals surface area contributed by atoms with E-state index in [4.69, 9.17) is 23.7 Å². The first-order chi connectivity index (χ1) is 18.4. The van der Waals surface area contributed by atoms with Crippen LogP contribution in [0, 0.1) is 6.92 Å². The average Bonchev–Trinajstić information content (AvgIpc) is 3.60. The van der Waals surface area contributed by atoms with Crippen molar-refractivity contribution in [2.24, 2.45) is 5.10 Å². The van der Waals surface area contributed by atoms with Crippen LogP contribution in [0.25, 0.3) is 0 Å². The molecule has 0 spiro atoms. The zero-order valence-electron chi connectivity index (χ0n) is 20.5. The number of ether oxygens (including phenoxy) is 3. The van der Waals surface area contributed by atoms with Crippen LogP contribution < -0.4 is 14.2 Å². The number of hydrogen-bond donors (Lipinski definition) is 0. The second kappa shape index (κ2) is 9.96. The van der Waals surface area contributed by atoms with Crippen molar-refractivity contribution in [3.05, 3.63) is 110 Å². The summed E-state index contributed by atoms with van der Waals surface area (Å²) < 4.78 is 25.1. The van der Waals surface area contributed by atoms with E-state index in [0.29, 0.717) is 28.0 Å². The summed E-state index contributed by atoms with van der Waals surface area (Å²) in [6, 6.07) is 20.6. The fourth-order valence-electron chi connectivity index (χ4n) is 4.69. The van der Waals surface area contributed by atoms with Gasteiger partial charge in [0.15, 0.2) is 11.5 Å². The number of hydrogen-bond acceptors (Lipinski definition) is 7. The topological polar surface area (TPSA) is 73.5 Å². The Morgan fingerprint density at radius 3 is 2.63 bits per heavy atom. The summed E-state index contributed by atoms with van der Waals surface area (Å²) in [6.45, 7) is 1.96. The number of nitrogens with zero attached hydrogens (tertiary/aromatic N) is 2. The predicted molar refractivity (Wildman–Crippen MR) is 149 cm³/mol. The molecule has 6 rings (SSSR count). The largest absolute Gasteiger partial charge is 0.493 e. The van der Waals surface area contributed by atoms with Crippen LogP contribution in [0.4, 0.5) is 0 Å². The molecule has 2 aliphatic heterocycles. The number of hydrazone groups is 1. The van der Waals surface area contributed by atoms with Gasteiger partial charge < -0.3 is 18.6 Å². The van der Waals surface area contributed by atoms with E-state index < -0.39 is 12.2 Å². The minimum Gasteiger partial charge on any atom is -0.493 e. The quantitative estimate of drug-likeness (QED) is 0.166. The number of furan rings is 1. The molecular weight excluding hydrogens is 616 g/mol. The molecule has 0 saturated heterocycles. The highest BCUT2D eigenvalue weighted by atomic mass is 79.9. The van der Waals surface area contributed by atoms with Crippen LogP contribution in [0.5, 0.6) is 17.2 Å². The summed E-state index contributed by atoms with van der Waals surface area (Å²) in [5.41, 5.74) is 4.18. The molecule has 2 aliphatic rings. The van der Waals surface area contributed by atoms with Gasteiger partial charge in [-0.1, -0.05) is 33.6 Å². The van der Waals surface area contributed by atoms with Crippen molar-refractivity contribution < 1.29 is 23.4 Å². The normalized spacial score (nSPS) is 17.8. The molecule has 0 N–H and O–H groups in total. The Balaban J connectivity index is 1.37. The lowest BCUT2D eigenvalue weighted by atomic mass is 9.97. The monoisotopic (exact) mass is 636 g/mol. The lowest BCUT2D eigenvalue weighted by Crippen LogP contribution is -2.33. The summed E-state index contributed by atoms with van der Waals surface area (Å²) in [5.74, 6) is 1.72. The standard InChI is InChI=1S/C29H22Br2N2O5/c1-16-5-7-17(8-6-16)29(34)38-27-21(31)12-18(13-26(27)35-2)28-33-23(15-22(32-33)25-4-3-11-36-25)20-14-19(30)9-10-24(20)37-28/h3-14,23,28H,15H2,1-2H3/t23-,28-/m0/s1. The number of aryl methyl sites for hydroxylation is 1. The lowest BCUT2D eigenvalue weighted by Gasteiger charge is -2.38. The van der Waals surface area contributed by atoms with Crippen LogP contribution in [-0.4, -0.2) is 23.8 Å². The van der Waals surface area contributed by atoms with E-state index in [1.54, 1.807) is 18.4 Å². The van der Waals surface area contributed by atoms with Crippen LogP contribution in [0.1, 0.15) is 51.5 Å². The Bertz CT molecular complexity index is 1550. The van der Waals surface area contributed by atoms with Gasteiger partial charge in [0, 0.05) is 22.0 Å². The summed E-state index contributed by atoms with van der Waals surface area (Å²) in [4.78, 5) is 12.8. The predicted octanol–water partition coefficient (Wildman–Crippen LogP) is 7.58. The maximum Gasteiger partial charge on any atom is 0.343 e. The molecule has 0 amide bonds. The molecule has 192 valence electrons. The number of benzene rings is 3. The van der Waals surface area contributed by atoms with Crippen molar-refractivity contribution in [2.45, 2.75) is 25.6 Å². The minimum atomic E-state index is -0.548. The molecule has 0 saturated carbocycles. The van der Waals surface area contributed by atoms with Gasteiger partial charge in [-0.3, -0.25) is 0 Å². The van der Waals surface area contributed by atoms with Gasteiger partial charge in [0.2, 0.25) is 6.23 Å². The number of halogens is 2. The summed E-state index contributed by atoms with van der Waals surface area (Å²) in [5, 5.41) is 6.87. The molecule has 0 fully saturated rings. The first-order valence-electron chi connectivity index (χ1n) is 11.9. The first kappa shape index (κ1) is 24.8. The first-order valence-corrected chi connectivity index (χ1v) is 13.5. The van der Waals surface area contributed by atoms with E-state index in [2.05, 4.69) is 37.9 Å². The van der Waals surface area contributed by atoms with E-state index >= 15 is 0 Å². The van der Waals surface area contributed by atoms with Gasteiger partial charge in [0.1, 0.15) is 17.2 Å². The van der Waals surface area contributed by atoms with Gasteiger partial charge >= 0.3 is 5.97 Å². The number of esters is 1. The smallest absolute Gasteiger partial charge is 0.343 e. The highest BCUT2D eigenvalue weighted by Gasteiger charge is 2.42. The van der Waals surface area contributed by atoms with Gasteiger partial charge in [-0.2, -0.15) is 5.10 Å². The van der Waals surface area contributed by atoms with E-state index in [-0.39, 0.29) is 6.04 Å². The van der Waals surface area contributed by atoms with Crippen molar-refractivity contribution in [1.29, 1.82) is 0 Å². The average molecular weight is 638 g/mol. The molecular formula is C29H22Br2N2O5. The lowest BCUT2D eigenvalue weighted by molar-refractivity contribution is -0.0192. The Kier molecular flexibility index (Phi) is 6.49. The number of carbonyl (C=O) groups excluding carboxylic acids is 1. The third kappa shape index (κ3) is 4.50. The second-order valence-corrected chi connectivity index (χ2v) is 10.8. The van der Waals surface area contributed by atoms with Gasteiger partial charge in [-0.15, -0.1) is 0 Å². The van der Waals surface area contributed by atoms with Crippen LogP contribution in [0.15, 0.2) is 91.5 Å². The summed E-state index contributed by atoms with van der Waals surface area (Å²) >= 11 is 7.17. The van der Waals surface area contributed by atoms with Crippen molar-refractivity contribution in [2.75, 3.05) is 7.11 Å². The van der Waals surface area contributed by atoms with Gasteiger partial charge in [0.25, 0.3) is 0 Å². The van der Waals surface area contributed by atoms with Crippen molar-refractivity contribution in [1.82, 2.24) is 5.01 Å². The maximum absolute atomic E-state index is 12.8. The zero-order chi connectivity index (χ0) is 26.4. The van der Waals surface area contributed by atoms with Gasteiger partial charge in [-0.25, -0.2) is 9.80 Å². The van der Waals surface area contributed by atoms with Gasteiger partial charge in [-0.05, 0) is 77.5 Å². The second-order valence-electron chi connectivity index (χ2n) is 9.07. The molecule has 38 heavy (non-hydrogen) atoms. The molecule has 1 aromatic heterocycles. The number of fused-ring (bicyclic) bond motifs is 3. The van der Waals surface area contributed by atoms with Crippen molar-refractivity contribution >= 4 is 43.5 Å². The van der Waals surface area contributed by atoms with Crippen molar-refractivity contribution in [3.63, 3.8) is 0 Å². The van der Waals surface area contributed by atoms with E-state index in [1.807, 2.05) is 60.5 Å². The van der Waals surface area contributed by atoms with Crippen LogP contribution in [0.3, 0.4) is 0 Å². The molecule has 9 heteroatoms. The molecule has 3 aromatic carbocycles. The molecule has 7 nitrogen and oxygen atoms in total. The molecule has 3 heterocycles. The Morgan fingerprint density at radius 1 is 1.08 bits per heavy atom. The summed E-state index contributed by atoms with van der Waals surface area (Å²) in [7, 11) is 1.54. The molecule has 0 unspecified atom stereocenters. The Hall–Kier alpha value is -3.56. The maximum atomic E-state index is 12.8. The molecule has 0 bridgehead atoms. The number of carbonyl (C=O) groups is 1. The van der Waals surface area contributed by atoms with Crippen LogP contribution in [0.2, 0.25) is 0 Å². The van der Waals surface area contributed by atoms with Gasteiger partial charge in [0.05, 0.1) is 29.5 Å². The minimum absolute atomic E-state index is 0.0508. The Labute approximate surface area is 236 Å². The highest BCUT2D eigenvalue weighted by molar-refractivity contribution is 9.10.